The molecule has 0 unspecified atom stereocenters. The average Bonchev–Trinajstić information content (AvgIpc) is 1.92. The summed E-state index contributed by atoms with van der Waals surface area (Å²) in [7, 11) is 0. The molecule has 0 aliphatic rings. The van der Waals surface area contributed by atoms with Crippen molar-refractivity contribution < 1.29 is 14.5 Å². The summed E-state index contributed by atoms with van der Waals surface area (Å²) in [5.41, 5.74) is -0.880. The van der Waals surface area contributed by atoms with Gasteiger partial charge in [-0.2, -0.15) is 13.2 Å². The predicted octanol–water partition coefficient (Wildman–Crippen LogP) is 3.31. The molecule has 0 heterocycles. The van der Waals surface area contributed by atoms with Gasteiger partial charge < -0.3 is 0 Å². The Kier molecular flexibility index (Phi) is 2.02. The van der Waals surface area contributed by atoms with Gasteiger partial charge in [0, 0.05) is 3.57 Å². The first-order valence-corrected chi connectivity index (χ1v) is 3.83. The number of benzene rings is 1. The summed E-state index contributed by atoms with van der Waals surface area (Å²) in [4.78, 5) is 0. The molecule has 0 bridgehead atoms. The molecule has 0 aromatic heterocycles. The highest BCUT2D eigenvalue weighted by atomic mass is 127. The largest absolute Gasteiger partial charge is 0.416 e. The van der Waals surface area contributed by atoms with Crippen LogP contribution in [-0.4, -0.2) is 0 Å². The lowest BCUT2D eigenvalue weighted by Crippen LogP contribution is -2.04. The summed E-state index contributed by atoms with van der Waals surface area (Å²) in [5.74, 6) is 0. The number of halogens is 4. The van der Waals surface area contributed by atoms with E-state index in [1.165, 1.54) is 12.1 Å². The summed E-state index contributed by atoms with van der Waals surface area (Å²) >= 11 is 1.70. The van der Waals surface area contributed by atoms with Crippen molar-refractivity contribution in [1.82, 2.24) is 0 Å². The minimum Gasteiger partial charge on any atom is -0.166 e. The van der Waals surface area contributed by atoms with Crippen molar-refractivity contribution in [3.63, 3.8) is 0 Å². The Hall–Kier alpha value is -0.260. The van der Waals surface area contributed by atoms with Crippen molar-refractivity contribution in [1.29, 1.82) is 0 Å². The molecule has 1 rings (SSSR count). The fraction of sp³-hybridized carbons (Fsp3) is 0.143. The number of hydrogen-bond donors (Lipinski definition) is 0. The molecular weight excluding hydrogens is 268 g/mol. The third kappa shape index (κ3) is 2.36. The van der Waals surface area contributed by atoms with E-state index in [0.717, 1.165) is 6.07 Å². The van der Waals surface area contributed by atoms with E-state index >= 15 is 0 Å². The van der Waals surface area contributed by atoms with Crippen LogP contribution in [0.1, 0.15) is 6.93 Å². The quantitative estimate of drug-likeness (QED) is 0.636. The maximum absolute atomic E-state index is 12.1. The Morgan fingerprint density at radius 2 is 2.00 bits per heavy atom. The van der Waals surface area contributed by atoms with Gasteiger partial charge in [0.25, 0.3) is 0 Å². The predicted molar refractivity (Wildman–Crippen MR) is 44.2 cm³/mol. The van der Waals surface area contributed by atoms with Gasteiger partial charge in [-0.25, -0.2) is 0 Å². The second-order valence-electron chi connectivity index (χ2n) is 1.91. The summed E-state index contributed by atoms with van der Waals surface area (Å²) in [5, 5.41) is 0. The fourth-order valence-corrected chi connectivity index (χ4v) is 1.10. The molecule has 60 valence electrons. The molecule has 0 saturated heterocycles. The Morgan fingerprint density at radius 3 is 2.45 bits per heavy atom. The van der Waals surface area contributed by atoms with Gasteiger partial charge in [-0.3, -0.25) is 0 Å². The van der Waals surface area contributed by atoms with Gasteiger partial charge >= 0.3 is 6.18 Å². The molecule has 0 atom stereocenters. The molecule has 0 fully saturated rings. The fourth-order valence-electron chi connectivity index (χ4n) is 0.606. The molecule has 0 nitrogen and oxygen atoms in total. The van der Waals surface area contributed by atoms with Crippen LogP contribution in [0.2, 0.25) is 0 Å². The summed E-state index contributed by atoms with van der Waals surface area (Å²) < 4.78 is 43.7. The molecule has 0 amide bonds. The van der Waals surface area contributed by atoms with Crippen LogP contribution in [0.3, 0.4) is 0 Å². The molecule has 1 aromatic carbocycles. The normalized spacial score (nSPS) is 12.9. The first kappa shape index (κ1) is 7.39. The molecule has 11 heavy (non-hydrogen) atoms. The molecule has 0 radical (unpaired) electrons. The zero-order chi connectivity index (χ0) is 9.35. The zero-order valence-electron chi connectivity index (χ0n) is 6.24. The van der Waals surface area contributed by atoms with Gasteiger partial charge in [-0.15, -0.1) is 0 Å². The molecule has 0 aliphatic carbocycles. The highest BCUT2D eigenvalue weighted by Crippen LogP contribution is 2.29. The van der Waals surface area contributed by atoms with Crippen molar-refractivity contribution in [3.05, 3.63) is 33.4 Å². The van der Waals surface area contributed by atoms with Crippen LogP contribution >= 0.6 is 22.6 Å². The third-order valence-electron chi connectivity index (χ3n) is 1.06. The monoisotopic (exact) mass is 273 g/mol. The maximum atomic E-state index is 12.1. The van der Waals surface area contributed by atoms with Crippen LogP contribution < -0.4 is 0 Å². The molecule has 0 spiro atoms. The second-order valence-corrected chi connectivity index (χ2v) is 3.07. The number of alkyl halides is 3. The highest BCUT2D eigenvalue weighted by Gasteiger charge is 2.30. The van der Waals surface area contributed by atoms with Crippen LogP contribution in [0, 0.1) is 3.57 Å². The number of rotatable bonds is 0. The van der Waals surface area contributed by atoms with Crippen molar-refractivity contribution >= 4 is 22.6 Å². The Labute approximate surface area is 77.0 Å². The Balaban J connectivity index is 3.26. The summed E-state index contributed by atoms with van der Waals surface area (Å²) in [6, 6.07) is 3.22. The van der Waals surface area contributed by atoms with Crippen LogP contribution in [0.4, 0.5) is 13.2 Å². The van der Waals surface area contributed by atoms with E-state index in [0.29, 0.717) is 3.57 Å². The standard InChI is InChI=1S/C7H4F3I/c8-7(9,10)5-2-1-3-6(11)4-5/h1-4H/i4D. The van der Waals surface area contributed by atoms with Crippen LogP contribution in [0.25, 0.3) is 0 Å². The van der Waals surface area contributed by atoms with Crippen molar-refractivity contribution in [3.8, 4) is 0 Å². The van der Waals surface area contributed by atoms with Crippen molar-refractivity contribution in [2.75, 3.05) is 0 Å². The van der Waals surface area contributed by atoms with E-state index in [2.05, 4.69) is 0 Å². The van der Waals surface area contributed by atoms with E-state index in [4.69, 9.17) is 1.37 Å². The van der Waals surface area contributed by atoms with Gasteiger partial charge in [-0.1, -0.05) is 6.07 Å². The zero-order valence-corrected chi connectivity index (χ0v) is 7.40. The van der Waals surface area contributed by atoms with Gasteiger partial charge in [0.15, 0.2) is 0 Å². The Bertz CT molecular complexity index is 295. The maximum Gasteiger partial charge on any atom is 0.416 e. The molecule has 0 N–H and O–H groups in total. The topological polar surface area (TPSA) is 0 Å². The molecular formula is C7H4F3I. The minimum atomic E-state index is -4.42. The molecule has 0 aliphatic heterocycles. The lowest BCUT2D eigenvalue weighted by atomic mass is 10.2. The molecule has 1 aromatic rings. The van der Waals surface area contributed by atoms with Crippen LogP contribution in [-0.2, 0) is 6.18 Å². The molecule has 4 heteroatoms. The Morgan fingerprint density at radius 1 is 1.36 bits per heavy atom. The summed E-state index contributed by atoms with van der Waals surface area (Å²) in [6.07, 6.45) is -4.42. The smallest absolute Gasteiger partial charge is 0.166 e. The second kappa shape index (κ2) is 3.00. The van der Waals surface area contributed by atoms with E-state index in [9.17, 15) is 13.2 Å². The minimum absolute atomic E-state index is 0.308. The van der Waals surface area contributed by atoms with Crippen molar-refractivity contribution in [2.45, 2.75) is 6.18 Å². The lowest BCUT2D eigenvalue weighted by molar-refractivity contribution is -0.137. The molecule has 0 saturated carbocycles. The van der Waals surface area contributed by atoms with Crippen LogP contribution in [0.15, 0.2) is 24.2 Å². The van der Waals surface area contributed by atoms with Gasteiger partial charge in [0.1, 0.15) is 0 Å². The van der Waals surface area contributed by atoms with Crippen LogP contribution in [0.5, 0.6) is 0 Å². The van der Waals surface area contributed by atoms with Gasteiger partial charge in [-0.05, 0) is 40.8 Å². The van der Waals surface area contributed by atoms with E-state index in [-0.39, 0.29) is 0 Å². The third-order valence-corrected chi connectivity index (χ3v) is 1.69. The lowest BCUT2D eigenvalue weighted by Gasteiger charge is -2.05. The average molecular weight is 273 g/mol. The van der Waals surface area contributed by atoms with Crippen molar-refractivity contribution in [2.24, 2.45) is 0 Å². The first-order chi connectivity index (χ1) is 5.43. The van der Waals surface area contributed by atoms with Gasteiger partial charge in [0.05, 0.1) is 6.93 Å². The SMILES string of the molecule is [2H]c1c(I)cccc1C(F)(F)F. The van der Waals surface area contributed by atoms with E-state index < -0.39 is 17.8 Å². The summed E-state index contributed by atoms with van der Waals surface area (Å²) in [6.45, 7) is 0. The first-order valence-electron chi connectivity index (χ1n) is 3.25. The van der Waals surface area contributed by atoms with E-state index in [1.807, 2.05) is 0 Å². The number of hydrogen-bond acceptors (Lipinski definition) is 0. The van der Waals surface area contributed by atoms with E-state index in [1.54, 1.807) is 22.6 Å². The highest BCUT2D eigenvalue weighted by molar-refractivity contribution is 14.1. The van der Waals surface area contributed by atoms with Gasteiger partial charge in [0.2, 0.25) is 0 Å².